The smallest absolute Gasteiger partial charge is 0.356 e. The molecule has 0 spiro atoms. The molecule has 9 heteroatoms. The first-order chi connectivity index (χ1) is 13.9. The number of aryl methyl sites for hydroxylation is 1. The monoisotopic (exact) mass is 408 g/mol. The number of hydrogen-bond acceptors (Lipinski definition) is 3. The van der Waals surface area contributed by atoms with E-state index < -0.39 is 11.7 Å². The van der Waals surface area contributed by atoms with Crippen LogP contribution in [0.2, 0.25) is 0 Å². The van der Waals surface area contributed by atoms with Gasteiger partial charge in [-0.15, -0.1) is 0 Å². The molecule has 2 heterocycles. The Kier molecular flexibility index (Phi) is 7.13. The average Bonchev–Trinajstić information content (AvgIpc) is 3.36. The summed E-state index contributed by atoms with van der Waals surface area (Å²) in [5.41, 5.74) is 0.282. The molecule has 1 unspecified atom stereocenters. The van der Waals surface area contributed by atoms with Gasteiger partial charge in [-0.1, -0.05) is 12.1 Å². The zero-order valence-corrected chi connectivity index (χ0v) is 16.5. The fraction of sp³-hybridized carbons (Fsp3) is 0.500. The predicted molar refractivity (Wildman–Crippen MR) is 106 cm³/mol. The van der Waals surface area contributed by atoms with Gasteiger partial charge in [-0.05, 0) is 36.6 Å². The van der Waals surface area contributed by atoms with Crippen LogP contribution in [0.15, 0.2) is 47.7 Å². The molecule has 29 heavy (non-hydrogen) atoms. The summed E-state index contributed by atoms with van der Waals surface area (Å²) < 4.78 is 39.9. The van der Waals surface area contributed by atoms with Crippen molar-refractivity contribution in [3.05, 3.63) is 53.9 Å². The molecule has 1 aliphatic rings. The van der Waals surface area contributed by atoms with Crippen molar-refractivity contribution in [3.63, 3.8) is 0 Å². The van der Waals surface area contributed by atoms with E-state index in [9.17, 15) is 13.2 Å². The number of alkyl halides is 3. The zero-order valence-electron chi connectivity index (χ0n) is 16.5. The van der Waals surface area contributed by atoms with Gasteiger partial charge in [-0.2, -0.15) is 18.3 Å². The largest absolute Gasteiger partial charge is 0.416 e. The fourth-order valence-electron chi connectivity index (χ4n) is 3.42. The third-order valence-electron chi connectivity index (χ3n) is 4.94. The summed E-state index contributed by atoms with van der Waals surface area (Å²) in [5, 5.41) is 10.9. The van der Waals surface area contributed by atoms with E-state index in [4.69, 9.17) is 0 Å². The lowest BCUT2D eigenvalue weighted by Gasteiger charge is -2.19. The number of rotatable bonds is 7. The molecule has 1 saturated heterocycles. The van der Waals surface area contributed by atoms with Gasteiger partial charge in [0.15, 0.2) is 5.96 Å². The Labute approximate surface area is 168 Å². The van der Waals surface area contributed by atoms with Crippen LogP contribution in [0.1, 0.15) is 24.0 Å². The van der Waals surface area contributed by atoms with Crippen LogP contribution in [0, 0.1) is 0 Å². The first-order valence-electron chi connectivity index (χ1n) is 9.77. The molecule has 1 atom stereocenters. The SMILES string of the molecule is CN=C(NCCCn1cccn1)NC1CCN(Cc2ccc(C(F)(F)F)cc2)C1. The Morgan fingerprint density at radius 3 is 2.72 bits per heavy atom. The summed E-state index contributed by atoms with van der Waals surface area (Å²) in [6, 6.07) is 7.59. The maximum atomic E-state index is 12.7. The molecule has 1 aliphatic heterocycles. The summed E-state index contributed by atoms with van der Waals surface area (Å²) in [4.78, 5) is 6.52. The summed E-state index contributed by atoms with van der Waals surface area (Å²) >= 11 is 0. The molecule has 158 valence electrons. The number of nitrogens with one attached hydrogen (secondary N) is 2. The van der Waals surface area contributed by atoms with Gasteiger partial charge in [0.05, 0.1) is 5.56 Å². The van der Waals surface area contributed by atoms with Crippen LogP contribution in [0.3, 0.4) is 0 Å². The molecule has 0 aliphatic carbocycles. The Morgan fingerprint density at radius 1 is 1.28 bits per heavy atom. The number of aromatic nitrogens is 2. The normalized spacial score (nSPS) is 18.2. The first-order valence-corrected chi connectivity index (χ1v) is 9.77. The quantitative estimate of drug-likeness (QED) is 0.420. The minimum atomic E-state index is -4.29. The molecule has 0 saturated carbocycles. The van der Waals surface area contributed by atoms with Gasteiger partial charge in [-0.3, -0.25) is 14.6 Å². The molecular weight excluding hydrogens is 381 g/mol. The topological polar surface area (TPSA) is 57.5 Å². The van der Waals surface area contributed by atoms with Crippen LogP contribution in [0.25, 0.3) is 0 Å². The van der Waals surface area contributed by atoms with Crippen LogP contribution in [0.4, 0.5) is 13.2 Å². The lowest BCUT2D eigenvalue weighted by Crippen LogP contribution is -2.44. The minimum Gasteiger partial charge on any atom is -0.356 e. The number of aliphatic imine (C=N–C) groups is 1. The second kappa shape index (κ2) is 9.78. The van der Waals surface area contributed by atoms with Gasteiger partial charge >= 0.3 is 6.18 Å². The highest BCUT2D eigenvalue weighted by molar-refractivity contribution is 5.79. The molecule has 1 fully saturated rings. The Morgan fingerprint density at radius 2 is 2.07 bits per heavy atom. The van der Waals surface area contributed by atoms with Gasteiger partial charge in [-0.25, -0.2) is 0 Å². The van der Waals surface area contributed by atoms with Gasteiger partial charge in [0.2, 0.25) is 0 Å². The van der Waals surface area contributed by atoms with Gasteiger partial charge in [0.1, 0.15) is 0 Å². The van der Waals surface area contributed by atoms with E-state index in [-0.39, 0.29) is 6.04 Å². The standard InChI is InChI=1S/C20H27F3N6/c1-24-19(25-9-2-11-29-12-3-10-26-29)27-18-8-13-28(15-18)14-16-4-6-17(7-5-16)20(21,22)23/h3-7,10,12,18H,2,8-9,11,13-15H2,1H3,(H2,24,25,27). The Hall–Kier alpha value is -2.55. The third kappa shape index (κ3) is 6.49. The van der Waals surface area contributed by atoms with Gasteiger partial charge < -0.3 is 10.6 Å². The maximum absolute atomic E-state index is 12.7. The minimum absolute atomic E-state index is 0.266. The first kappa shape index (κ1) is 21.2. The van der Waals surface area contributed by atoms with Crippen molar-refractivity contribution in [3.8, 4) is 0 Å². The van der Waals surface area contributed by atoms with Crippen LogP contribution in [-0.4, -0.2) is 53.4 Å². The highest BCUT2D eigenvalue weighted by Crippen LogP contribution is 2.29. The van der Waals surface area contributed by atoms with E-state index in [0.717, 1.165) is 62.7 Å². The molecule has 0 bridgehead atoms. The van der Waals surface area contributed by atoms with Gasteiger partial charge in [0.25, 0.3) is 0 Å². The predicted octanol–water partition coefficient (Wildman–Crippen LogP) is 2.73. The van der Waals surface area contributed by atoms with E-state index in [2.05, 4.69) is 25.6 Å². The number of guanidine groups is 1. The maximum Gasteiger partial charge on any atom is 0.416 e. The molecule has 0 radical (unpaired) electrons. The zero-order chi connectivity index (χ0) is 20.7. The fourth-order valence-corrected chi connectivity index (χ4v) is 3.42. The van der Waals surface area contributed by atoms with E-state index in [1.165, 1.54) is 0 Å². The molecule has 2 aromatic rings. The summed E-state index contributed by atoms with van der Waals surface area (Å²) in [7, 11) is 1.75. The molecule has 2 N–H and O–H groups in total. The summed E-state index contributed by atoms with van der Waals surface area (Å²) in [6.45, 7) is 4.01. The van der Waals surface area contributed by atoms with E-state index in [1.807, 2.05) is 16.9 Å². The van der Waals surface area contributed by atoms with Crippen LogP contribution < -0.4 is 10.6 Å². The number of nitrogens with zero attached hydrogens (tertiary/aromatic N) is 4. The van der Waals surface area contributed by atoms with Crippen molar-refractivity contribution in [2.75, 3.05) is 26.7 Å². The van der Waals surface area contributed by atoms with Crippen molar-refractivity contribution >= 4 is 5.96 Å². The van der Waals surface area contributed by atoms with E-state index >= 15 is 0 Å². The van der Waals surface area contributed by atoms with E-state index in [1.54, 1.807) is 25.4 Å². The molecular formula is C20H27F3N6. The van der Waals surface area contributed by atoms with Crippen LogP contribution in [-0.2, 0) is 19.3 Å². The Bertz CT molecular complexity index is 771. The Balaban J connectivity index is 1.39. The van der Waals surface area contributed by atoms with Crippen molar-refractivity contribution in [2.24, 2.45) is 4.99 Å². The van der Waals surface area contributed by atoms with Crippen molar-refractivity contribution in [1.29, 1.82) is 0 Å². The number of likely N-dealkylation sites (tertiary alicyclic amines) is 1. The average molecular weight is 408 g/mol. The second-order valence-corrected chi connectivity index (χ2v) is 7.18. The third-order valence-corrected chi connectivity index (χ3v) is 4.94. The second-order valence-electron chi connectivity index (χ2n) is 7.18. The molecule has 1 aromatic heterocycles. The number of benzene rings is 1. The highest BCUT2D eigenvalue weighted by atomic mass is 19.4. The summed E-state index contributed by atoms with van der Waals surface area (Å²) in [6.07, 6.45) is 1.32. The molecule has 0 amide bonds. The molecule has 1 aromatic carbocycles. The van der Waals surface area contributed by atoms with Crippen LogP contribution >= 0.6 is 0 Å². The van der Waals surface area contributed by atoms with Crippen molar-refractivity contribution in [2.45, 2.75) is 38.1 Å². The lowest BCUT2D eigenvalue weighted by atomic mass is 10.1. The number of hydrogen-bond donors (Lipinski definition) is 2. The lowest BCUT2D eigenvalue weighted by molar-refractivity contribution is -0.137. The van der Waals surface area contributed by atoms with Gasteiger partial charge in [0, 0.05) is 58.2 Å². The molecule has 3 rings (SSSR count). The number of halogens is 3. The highest BCUT2D eigenvalue weighted by Gasteiger charge is 2.30. The molecule has 6 nitrogen and oxygen atoms in total. The van der Waals surface area contributed by atoms with E-state index in [0.29, 0.717) is 6.54 Å². The summed E-state index contributed by atoms with van der Waals surface area (Å²) in [5.74, 6) is 0.770. The van der Waals surface area contributed by atoms with Crippen molar-refractivity contribution in [1.82, 2.24) is 25.3 Å². The van der Waals surface area contributed by atoms with Crippen LogP contribution in [0.5, 0.6) is 0 Å². The van der Waals surface area contributed by atoms with Crippen molar-refractivity contribution < 1.29 is 13.2 Å².